The molecule has 2 heterocycles. The Kier molecular flexibility index (Phi) is 3.29. The van der Waals surface area contributed by atoms with E-state index in [2.05, 4.69) is 46.8 Å². The highest BCUT2D eigenvalue weighted by atomic mass is 35.5. The third kappa shape index (κ3) is 2.15. The minimum atomic E-state index is 0.281. The van der Waals surface area contributed by atoms with E-state index < -0.39 is 0 Å². The molecule has 1 aromatic heterocycles. The van der Waals surface area contributed by atoms with Crippen LogP contribution in [0.1, 0.15) is 36.8 Å². The fourth-order valence-corrected chi connectivity index (χ4v) is 2.65. The Hall–Kier alpha value is -1.39. The van der Waals surface area contributed by atoms with Crippen molar-refractivity contribution >= 4 is 11.6 Å². The Labute approximate surface area is 117 Å². The van der Waals surface area contributed by atoms with Crippen LogP contribution in [0.4, 0.5) is 0 Å². The molecular weight excluding hydrogens is 262 g/mol. The van der Waals surface area contributed by atoms with Crippen LogP contribution in [-0.2, 0) is 23.8 Å². The molecule has 19 heavy (non-hydrogen) atoms. The quantitative estimate of drug-likeness (QED) is 0.808. The lowest BCUT2D eigenvalue weighted by Crippen LogP contribution is -2.07. The predicted octanol–water partition coefficient (Wildman–Crippen LogP) is 3.30. The van der Waals surface area contributed by atoms with Crippen LogP contribution >= 0.6 is 11.6 Å². The van der Waals surface area contributed by atoms with Crippen LogP contribution < -0.4 is 0 Å². The summed E-state index contributed by atoms with van der Waals surface area (Å²) >= 11 is 5.93. The number of hydrogen-bond acceptors (Lipinski definition) is 3. The zero-order valence-corrected chi connectivity index (χ0v) is 11.8. The molecule has 3 rings (SSSR count). The van der Waals surface area contributed by atoms with Gasteiger partial charge in [0.2, 0.25) is 0 Å². The van der Waals surface area contributed by atoms with Gasteiger partial charge in [-0.25, -0.2) is 0 Å². The van der Waals surface area contributed by atoms with Gasteiger partial charge in [-0.05, 0) is 31.0 Å². The predicted molar refractivity (Wildman–Crippen MR) is 73.9 cm³/mol. The summed E-state index contributed by atoms with van der Waals surface area (Å²) < 4.78 is 7.53. The van der Waals surface area contributed by atoms with E-state index >= 15 is 0 Å². The first-order valence-electron chi connectivity index (χ1n) is 6.40. The highest BCUT2D eigenvalue weighted by Gasteiger charge is 2.18. The second kappa shape index (κ2) is 4.94. The van der Waals surface area contributed by atoms with Crippen molar-refractivity contribution in [3.63, 3.8) is 0 Å². The molecule has 100 valence electrons. The number of fused-ring (bicyclic) bond motifs is 1. The molecule has 0 saturated carbocycles. The first-order chi connectivity index (χ1) is 9.20. The molecule has 5 heteroatoms. The molecule has 0 fully saturated rings. The van der Waals surface area contributed by atoms with E-state index in [0.29, 0.717) is 19.1 Å². The van der Waals surface area contributed by atoms with Crippen molar-refractivity contribution in [2.24, 2.45) is 0 Å². The molecule has 0 spiro atoms. The Morgan fingerprint density at radius 1 is 1.26 bits per heavy atom. The molecule has 0 aliphatic carbocycles. The van der Waals surface area contributed by atoms with E-state index in [1.807, 2.05) is 0 Å². The molecule has 0 N–H and O–H groups in total. The summed E-state index contributed by atoms with van der Waals surface area (Å²) in [4.78, 5) is 0. The summed E-state index contributed by atoms with van der Waals surface area (Å²) in [6.07, 6.45) is 0. The van der Waals surface area contributed by atoms with Crippen LogP contribution in [0.15, 0.2) is 18.2 Å². The molecule has 4 nitrogen and oxygen atoms in total. The summed E-state index contributed by atoms with van der Waals surface area (Å²) in [5, 5.41) is 8.47. The largest absolute Gasteiger partial charge is 0.372 e. The van der Waals surface area contributed by atoms with Crippen LogP contribution in [-0.4, -0.2) is 14.8 Å². The Morgan fingerprint density at radius 2 is 2.05 bits per heavy atom. The third-order valence-electron chi connectivity index (χ3n) is 3.38. The number of alkyl halides is 1. The second-order valence-electron chi connectivity index (χ2n) is 5.01. The average molecular weight is 278 g/mol. The maximum absolute atomic E-state index is 5.93. The lowest BCUT2D eigenvalue weighted by Gasteiger charge is -2.13. The van der Waals surface area contributed by atoms with E-state index in [1.54, 1.807) is 0 Å². The molecule has 1 aromatic carbocycles. The zero-order valence-electron chi connectivity index (χ0n) is 11.1. The zero-order chi connectivity index (χ0) is 13.4. The van der Waals surface area contributed by atoms with Crippen molar-refractivity contribution in [1.82, 2.24) is 14.8 Å². The SMILES string of the molecule is CC(C)n1c(CCl)nnc1-c1ccc2c(c1)COC2. The van der Waals surface area contributed by atoms with E-state index in [4.69, 9.17) is 16.3 Å². The number of rotatable bonds is 3. The van der Waals surface area contributed by atoms with Crippen molar-refractivity contribution in [3.8, 4) is 11.4 Å². The first-order valence-corrected chi connectivity index (χ1v) is 6.94. The number of ether oxygens (including phenoxy) is 1. The van der Waals surface area contributed by atoms with Crippen LogP contribution in [0.2, 0.25) is 0 Å². The van der Waals surface area contributed by atoms with Crippen molar-refractivity contribution in [1.29, 1.82) is 0 Å². The van der Waals surface area contributed by atoms with Gasteiger partial charge in [-0.3, -0.25) is 0 Å². The minimum Gasteiger partial charge on any atom is -0.372 e. The van der Waals surface area contributed by atoms with Gasteiger partial charge in [-0.15, -0.1) is 21.8 Å². The Morgan fingerprint density at radius 3 is 2.79 bits per heavy atom. The number of nitrogens with zero attached hydrogens (tertiary/aromatic N) is 3. The summed E-state index contributed by atoms with van der Waals surface area (Å²) in [6, 6.07) is 6.61. The lowest BCUT2D eigenvalue weighted by atomic mass is 10.1. The fraction of sp³-hybridized carbons (Fsp3) is 0.429. The number of aromatic nitrogens is 3. The van der Waals surface area contributed by atoms with E-state index in [-0.39, 0.29) is 6.04 Å². The molecule has 0 bridgehead atoms. The van der Waals surface area contributed by atoms with Crippen LogP contribution in [0.3, 0.4) is 0 Å². The van der Waals surface area contributed by atoms with E-state index in [0.717, 1.165) is 17.2 Å². The fourth-order valence-electron chi connectivity index (χ4n) is 2.47. The van der Waals surface area contributed by atoms with E-state index in [9.17, 15) is 0 Å². The number of halogens is 1. The molecule has 0 saturated heterocycles. The van der Waals surface area contributed by atoms with Crippen LogP contribution in [0.25, 0.3) is 11.4 Å². The molecule has 0 amide bonds. The highest BCUT2D eigenvalue weighted by molar-refractivity contribution is 6.16. The lowest BCUT2D eigenvalue weighted by molar-refractivity contribution is 0.134. The van der Waals surface area contributed by atoms with Gasteiger partial charge < -0.3 is 9.30 Å². The number of benzene rings is 1. The standard InChI is InChI=1S/C14H16ClN3O/c1-9(2)18-13(6-15)16-17-14(18)10-3-4-11-7-19-8-12(11)5-10/h3-5,9H,6-8H2,1-2H3. The van der Waals surface area contributed by atoms with Crippen LogP contribution in [0.5, 0.6) is 0 Å². The summed E-state index contributed by atoms with van der Waals surface area (Å²) in [7, 11) is 0. The average Bonchev–Trinajstić information content (AvgIpc) is 3.03. The maximum atomic E-state index is 5.93. The van der Waals surface area contributed by atoms with Crippen molar-refractivity contribution in [2.75, 3.05) is 0 Å². The van der Waals surface area contributed by atoms with E-state index in [1.165, 1.54) is 11.1 Å². The summed E-state index contributed by atoms with van der Waals surface area (Å²) in [5.74, 6) is 2.06. The summed E-state index contributed by atoms with van der Waals surface area (Å²) in [6.45, 7) is 5.61. The smallest absolute Gasteiger partial charge is 0.164 e. The van der Waals surface area contributed by atoms with Crippen molar-refractivity contribution in [2.45, 2.75) is 39.0 Å². The molecule has 0 atom stereocenters. The van der Waals surface area contributed by atoms with Gasteiger partial charge in [0, 0.05) is 11.6 Å². The molecule has 1 aliphatic heterocycles. The first kappa shape index (κ1) is 12.6. The second-order valence-corrected chi connectivity index (χ2v) is 5.28. The topological polar surface area (TPSA) is 39.9 Å². The molecular formula is C14H16ClN3O. The van der Waals surface area contributed by atoms with Gasteiger partial charge in [0.25, 0.3) is 0 Å². The molecule has 0 radical (unpaired) electrons. The maximum Gasteiger partial charge on any atom is 0.164 e. The van der Waals surface area contributed by atoms with Gasteiger partial charge >= 0.3 is 0 Å². The van der Waals surface area contributed by atoms with Crippen LogP contribution in [0, 0.1) is 0 Å². The Bertz CT molecular complexity index is 607. The summed E-state index contributed by atoms with van der Waals surface area (Å²) in [5.41, 5.74) is 3.57. The van der Waals surface area contributed by atoms with Gasteiger partial charge in [0.1, 0.15) is 5.82 Å². The molecule has 0 unspecified atom stereocenters. The minimum absolute atomic E-state index is 0.281. The number of hydrogen-bond donors (Lipinski definition) is 0. The normalized spacial score (nSPS) is 14.1. The van der Waals surface area contributed by atoms with Gasteiger partial charge in [0.05, 0.1) is 19.1 Å². The van der Waals surface area contributed by atoms with Crippen molar-refractivity contribution < 1.29 is 4.74 Å². The monoisotopic (exact) mass is 277 g/mol. The van der Waals surface area contributed by atoms with Gasteiger partial charge in [0.15, 0.2) is 5.82 Å². The highest BCUT2D eigenvalue weighted by Crippen LogP contribution is 2.28. The van der Waals surface area contributed by atoms with Gasteiger partial charge in [-0.1, -0.05) is 12.1 Å². The van der Waals surface area contributed by atoms with Crippen molar-refractivity contribution in [3.05, 3.63) is 35.2 Å². The Balaban J connectivity index is 2.09. The van der Waals surface area contributed by atoms with Gasteiger partial charge in [-0.2, -0.15) is 0 Å². The molecule has 2 aromatic rings. The third-order valence-corrected chi connectivity index (χ3v) is 3.62. The molecule has 1 aliphatic rings.